The fourth-order valence-corrected chi connectivity index (χ4v) is 3.04. The Morgan fingerprint density at radius 2 is 1.68 bits per heavy atom. The molecule has 1 N–H and O–H groups in total. The van der Waals surface area contributed by atoms with Crippen LogP contribution in [0.1, 0.15) is 29.2 Å². The maximum absolute atomic E-state index is 5.67. The highest BCUT2D eigenvalue weighted by atomic mass is 16.3. The van der Waals surface area contributed by atoms with Gasteiger partial charge in [-0.2, -0.15) is 0 Å². The molecule has 0 radical (unpaired) electrons. The van der Waals surface area contributed by atoms with Crippen LogP contribution in [0.5, 0.6) is 0 Å². The van der Waals surface area contributed by atoms with Crippen molar-refractivity contribution in [2.24, 2.45) is 0 Å². The Morgan fingerprint density at radius 3 is 2.32 bits per heavy atom. The summed E-state index contributed by atoms with van der Waals surface area (Å²) in [5, 5.41) is 3.56. The van der Waals surface area contributed by atoms with Gasteiger partial charge in [-0.25, -0.2) is 0 Å². The molecule has 0 amide bonds. The quantitative estimate of drug-likeness (QED) is 0.608. The summed E-state index contributed by atoms with van der Waals surface area (Å²) in [5.41, 5.74) is 3.83. The molecule has 130 valence electrons. The van der Waals surface area contributed by atoms with Gasteiger partial charge in [-0.1, -0.05) is 42.5 Å². The number of rotatable bonds is 8. The van der Waals surface area contributed by atoms with Gasteiger partial charge in [0.1, 0.15) is 5.76 Å². The van der Waals surface area contributed by atoms with E-state index in [4.69, 9.17) is 4.42 Å². The van der Waals surface area contributed by atoms with Crippen LogP contribution in [-0.4, -0.2) is 20.6 Å². The summed E-state index contributed by atoms with van der Waals surface area (Å²) in [6.45, 7) is 1.82. The van der Waals surface area contributed by atoms with Crippen molar-refractivity contribution in [1.29, 1.82) is 0 Å². The molecule has 1 atom stereocenters. The van der Waals surface area contributed by atoms with E-state index in [2.05, 4.69) is 85.0 Å². The second-order valence-electron chi connectivity index (χ2n) is 6.51. The summed E-state index contributed by atoms with van der Waals surface area (Å²) in [6.07, 6.45) is 2.76. The van der Waals surface area contributed by atoms with E-state index in [0.29, 0.717) is 5.92 Å². The summed E-state index contributed by atoms with van der Waals surface area (Å²) in [7, 11) is 4.12. The second kappa shape index (κ2) is 8.54. The minimum Gasteiger partial charge on any atom is -0.469 e. The minimum absolute atomic E-state index is 0.291. The lowest BCUT2D eigenvalue weighted by molar-refractivity contribution is 0.466. The highest BCUT2D eigenvalue weighted by molar-refractivity contribution is 5.45. The van der Waals surface area contributed by atoms with Crippen LogP contribution in [0.15, 0.2) is 77.4 Å². The number of furan rings is 1. The van der Waals surface area contributed by atoms with Crippen LogP contribution in [0.25, 0.3) is 0 Å². The lowest BCUT2D eigenvalue weighted by atomic mass is 9.93. The molecular weight excluding hydrogens is 308 g/mol. The molecule has 1 heterocycles. The van der Waals surface area contributed by atoms with Gasteiger partial charge in [0.25, 0.3) is 0 Å². The first kappa shape index (κ1) is 17.3. The summed E-state index contributed by atoms with van der Waals surface area (Å²) < 4.78 is 5.67. The summed E-state index contributed by atoms with van der Waals surface area (Å²) in [6, 6.07) is 23.3. The van der Waals surface area contributed by atoms with Gasteiger partial charge >= 0.3 is 0 Å². The van der Waals surface area contributed by atoms with Gasteiger partial charge < -0.3 is 14.6 Å². The lowest BCUT2D eigenvalue weighted by Crippen LogP contribution is -2.17. The zero-order valence-corrected chi connectivity index (χ0v) is 15.0. The predicted octanol–water partition coefficient (Wildman–Crippen LogP) is 4.66. The van der Waals surface area contributed by atoms with Crippen molar-refractivity contribution in [1.82, 2.24) is 5.32 Å². The van der Waals surface area contributed by atoms with Gasteiger partial charge in [-0.05, 0) is 48.4 Å². The monoisotopic (exact) mass is 334 g/mol. The van der Waals surface area contributed by atoms with Gasteiger partial charge in [0.2, 0.25) is 0 Å². The normalized spacial score (nSPS) is 12.1. The highest BCUT2D eigenvalue weighted by Crippen LogP contribution is 2.27. The van der Waals surface area contributed by atoms with Gasteiger partial charge in [-0.3, -0.25) is 0 Å². The number of benzene rings is 2. The molecule has 1 aromatic heterocycles. The van der Waals surface area contributed by atoms with Crippen LogP contribution in [0.3, 0.4) is 0 Å². The number of anilines is 1. The number of nitrogens with zero attached hydrogens (tertiary/aromatic N) is 1. The molecule has 3 rings (SSSR count). The van der Waals surface area contributed by atoms with Crippen LogP contribution in [-0.2, 0) is 6.54 Å². The maximum Gasteiger partial charge on any atom is 0.111 e. The Kier molecular flexibility index (Phi) is 5.91. The van der Waals surface area contributed by atoms with Crippen molar-refractivity contribution in [3.8, 4) is 0 Å². The van der Waals surface area contributed by atoms with E-state index >= 15 is 0 Å². The molecule has 2 aromatic carbocycles. The first-order valence-corrected chi connectivity index (χ1v) is 8.79. The van der Waals surface area contributed by atoms with Crippen molar-refractivity contribution in [3.63, 3.8) is 0 Å². The first-order valence-electron chi connectivity index (χ1n) is 8.79. The van der Waals surface area contributed by atoms with Crippen LogP contribution < -0.4 is 10.2 Å². The molecule has 0 fully saturated rings. The number of hydrogen-bond donors (Lipinski definition) is 1. The molecule has 3 nitrogen and oxygen atoms in total. The third-order valence-corrected chi connectivity index (χ3v) is 4.48. The molecule has 0 aliphatic rings. The second-order valence-corrected chi connectivity index (χ2v) is 6.51. The molecular formula is C22H26N2O. The van der Waals surface area contributed by atoms with Crippen molar-refractivity contribution in [2.45, 2.75) is 18.9 Å². The van der Waals surface area contributed by atoms with E-state index in [1.54, 1.807) is 6.26 Å². The summed E-state index contributed by atoms with van der Waals surface area (Å²) in [4.78, 5) is 2.12. The molecule has 0 aliphatic carbocycles. The maximum atomic E-state index is 5.67. The van der Waals surface area contributed by atoms with Crippen LogP contribution in [0, 0.1) is 0 Å². The number of nitrogens with one attached hydrogen (secondary N) is 1. The molecule has 0 aliphatic heterocycles. The van der Waals surface area contributed by atoms with Crippen molar-refractivity contribution in [3.05, 3.63) is 89.9 Å². The Morgan fingerprint density at radius 1 is 0.920 bits per heavy atom. The van der Waals surface area contributed by atoms with E-state index in [0.717, 1.165) is 25.3 Å². The predicted molar refractivity (Wildman–Crippen MR) is 104 cm³/mol. The fourth-order valence-electron chi connectivity index (χ4n) is 3.04. The highest BCUT2D eigenvalue weighted by Gasteiger charge is 2.16. The zero-order valence-electron chi connectivity index (χ0n) is 15.0. The molecule has 0 saturated heterocycles. The van der Waals surface area contributed by atoms with E-state index < -0.39 is 0 Å². The standard InChI is InChI=1S/C22H26N2O/c1-24(2)20-12-10-18(11-13-20)17-23-15-14-21(22-9-6-16-25-22)19-7-4-3-5-8-19/h3-13,16,21,23H,14-15,17H2,1-2H3/t21-/m0/s1. The Bertz CT molecular complexity index is 733. The molecule has 0 spiro atoms. The van der Waals surface area contributed by atoms with E-state index in [1.807, 2.05) is 6.07 Å². The van der Waals surface area contributed by atoms with Crippen LogP contribution in [0.4, 0.5) is 5.69 Å². The third-order valence-electron chi connectivity index (χ3n) is 4.48. The molecule has 0 unspecified atom stereocenters. The minimum atomic E-state index is 0.291. The van der Waals surface area contributed by atoms with Gasteiger partial charge in [0.15, 0.2) is 0 Å². The molecule has 0 saturated carbocycles. The lowest BCUT2D eigenvalue weighted by Gasteiger charge is -2.16. The molecule has 3 heteroatoms. The zero-order chi connectivity index (χ0) is 17.5. The van der Waals surface area contributed by atoms with Crippen LogP contribution in [0.2, 0.25) is 0 Å². The fraction of sp³-hybridized carbons (Fsp3) is 0.273. The Hall–Kier alpha value is -2.52. The molecule has 3 aromatic rings. The topological polar surface area (TPSA) is 28.4 Å². The van der Waals surface area contributed by atoms with E-state index in [1.165, 1.54) is 16.8 Å². The first-order chi connectivity index (χ1) is 12.2. The van der Waals surface area contributed by atoms with Crippen LogP contribution >= 0.6 is 0 Å². The van der Waals surface area contributed by atoms with E-state index in [-0.39, 0.29) is 0 Å². The average molecular weight is 334 g/mol. The number of hydrogen-bond acceptors (Lipinski definition) is 3. The largest absolute Gasteiger partial charge is 0.469 e. The van der Waals surface area contributed by atoms with Gasteiger partial charge in [-0.15, -0.1) is 0 Å². The van der Waals surface area contributed by atoms with Gasteiger partial charge in [0, 0.05) is 32.2 Å². The molecule has 25 heavy (non-hydrogen) atoms. The van der Waals surface area contributed by atoms with Crippen molar-refractivity contribution < 1.29 is 4.42 Å². The average Bonchev–Trinajstić information content (AvgIpc) is 3.17. The smallest absolute Gasteiger partial charge is 0.111 e. The van der Waals surface area contributed by atoms with Gasteiger partial charge in [0.05, 0.1) is 6.26 Å². The summed E-state index contributed by atoms with van der Waals surface area (Å²) in [5.74, 6) is 1.32. The Balaban J connectivity index is 1.55. The summed E-state index contributed by atoms with van der Waals surface area (Å²) >= 11 is 0. The molecule has 0 bridgehead atoms. The van der Waals surface area contributed by atoms with Crippen molar-refractivity contribution in [2.75, 3.05) is 25.5 Å². The Labute approximate surface area is 150 Å². The van der Waals surface area contributed by atoms with E-state index in [9.17, 15) is 0 Å². The third kappa shape index (κ3) is 4.74. The van der Waals surface area contributed by atoms with Crippen molar-refractivity contribution >= 4 is 5.69 Å². The SMILES string of the molecule is CN(C)c1ccc(CNCC[C@@H](c2ccccc2)c2ccco2)cc1.